The Morgan fingerprint density at radius 1 is 0.224 bits per heavy atom. The molecule has 0 saturated carbocycles. The first-order chi connectivity index (χ1) is 59.1. The van der Waals surface area contributed by atoms with E-state index in [2.05, 4.69) is 26.6 Å². The fourth-order valence-corrected chi connectivity index (χ4v) is 16.2. The number of hydrogen-bond acceptors (Lipinski definition) is 50. The number of carbonyl (C=O) groups is 5. The summed E-state index contributed by atoms with van der Waals surface area (Å²) in [6.07, 6.45) is -96.0. The van der Waals surface area contributed by atoms with E-state index in [1.165, 1.54) is 6.92 Å². The third-order valence-electron chi connectivity index (χ3n) is 22.8. The lowest BCUT2D eigenvalue weighted by Crippen LogP contribution is -2.71. The highest BCUT2D eigenvalue weighted by Crippen LogP contribution is 2.42. The Labute approximate surface area is 708 Å². The molecule has 0 bridgehead atoms. The van der Waals surface area contributed by atoms with Gasteiger partial charge in [-0.05, 0) is 6.92 Å². The summed E-state index contributed by atoms with van der Waals surface area (Å²) in [5.41, 5.74) is 0. The molecule has 1 unspecified atom stereocenters. The van der Waals surface area contributed by atoms with E-state index >= 15 is 0 Å². The Kier molecular flexibility index (Phi) is 36.8. The summed E-state index contributed by atoms with van der Waals surface area (Å²) < 4.78 is 116. The summed E-state index contributed by atoms with van der Waals surface area (Å²) in [5, 5.41) is 305. The van der Waals surface area contributed by atoms with Gasteiger partial charge in [-0.2, -0.15) is 0 Å². The van der Waals surface area contributed by atoms with Crippen LogP contribution in [0.3, 0.4) is 0 Å². The molecule has 722 valence electrons. The van der Waals surface area contributed by atoms with Gasteiger partial charge in [0.15, 0.2) is 62.9 Å². The molecule has 0 spiro atoms. The van der Waals surface area contributed by atoms with Gasteiger partial charge in [0, 0.05) is 34.6 Å². The van der Waals surface area contributed by atoms with Crippen molar-refractivity contribution >= 4 is 29.5 Å². The lowest BCUT2D eigenvalue weighted by molar-refractivity contribution is -0.408. The van der Waals surface area contributed by atoms with Gasteiger partial charge in [-0.3, -0.25) is 24.0 Å². The van der Waals surface area contributed by atoms with Crippen molar-refractivity contribution in [3.63, 3.8) is 0 Å². The minimum Gasteiger partial charge on any atom is -0.394 e. The summed E-state index contributed by atoms with van der Waals surface area (Å²) in [7, 11) is 0. The smallest absolute Gasteiger partial charge is 0.217 e. The van der Waals surface area contributed by atoms with E-state index in [-0.39, 0.29) is 0 Å². The molecule has 10 heterocycles. The highest BCUT2D eigenvalue weighted by atomic mass is 16.8. The second-order valence-corrected chi connectivity index (χ2v) is 31.7. The second kappa shape index (κ2) is 44.9. The number of rotatable bonds is 32. The van der Waals surface area contributed by atoms with Crippen molar-refractivity contribution < 1.29 is 247 Å². The van der Waals surface area contributed by atoms with Crippen molar-refractivity contribution in [2.75, 3.05) is 59.5 Å². The Morgan fingerprint density at radius 2 is 0.488 bits per heavy atom. The summed E-state index contributed by atoms with van der Waals surface area (Å²) in [5.74, 6) is -4.80. The number of nitrogens with one attached hydrogen (secondary N) is 5. The molecule has 0 aromatic heterocycles. The fourth-order valence-electron chi connectivity index (χ4n) is 16.2. The van der Waals surface area contributed by atoms with Gasteiger partial charge in [0.05, 0.1) is 65.6 Å². The topological polar surface area (TPSA) is 847 Å². The van der Waals surface area contributed by atoms with Crippen LogP contribution in [0.15, 0.2) is 0 Å². The van der Waals surface area contributed by atoms with E-state index in [1.54, 1.807) is 0 Å². The molecule has 10 aliphatic rings. The average molecular weight is 1830 g/mol. The predicted octanol–water partition coefficient (Wildman–Crippen LogP) is -21.1. The highest BCUT2D eigenvalue weighted by molar-refractivity contribution is 5.75. The summed E-state index contributed by atoms with van der Waals surface area (Å²) >= 11 is 0. The zero-order valence-electron chi connectivity index (χ0n) is 67.7. The predicted molar refractivity (Wildman–Crippen MR) is 386 cm³/mol. The van der Waals surface area contributed by atoms with Crippen molar-refractivity contribution in [3.8, 4) is 0 Å². The molecule has 0 aromatic rings. The van der Waals surface area contributed by atoms with Gasteiger partial charge < -0.3 is 249 Å². The van der Waals surface area contributed by atoms with Crippen LogP contribution in [0.25, 0.3) is 0 Å². The van der Waals surface area contributed by atoms with Crippen LogP contribution in [0.2, 0.25) is 0 Å². The first-order valence-corrected chi connectivity index (χ1v) is 40.0. The van der Waals surface area contributed by atoms with Gasteiger partial charge >= 0.3 is 0 Å². The molecule has 50 atom stereocenters. The van der Waals surface area contributed by atoms with Crippen molar-refractivity contribution in [2.45, 2.75) is 348 Å². The van der Waals surface area contributed by atoms with Gasteiger partial charge in [0.25, 0.3) is 0 Å². The van der Waals surface area contributed by atoms with Gasteiger partial charge in [0.1, 0.15) is 238 Å². The first-order valence-electron chi connectivity index (χ1n) is 40.0. The van der Waals surface area contributed by atoms with Crippen LogP contribution in [0.4, 0.5) is 0 Å². The van der Waals surface area contributed by atoms with Crippen LogP contribution in [0.5, 0.6) is 0 Å². The third kappa shape index (κ3) is 23.1. The Bertz CT molecular complexity index is 3420. The molecule has 0 aliphatic carbocycles. The molecule has 5 amide bonds. The maximum Gasteiger partial charge on any atom is 0.217 e. The maximum atomic E-state index is 13.4. The van der Waals surface area contributed by atoms with E-state index < -0.39 is 396 Å². The minimum atomic E-state index is -2.78. The Hall–Kier alpha value is -4.45. The van der Waals surface area contributed by atoms with E-state index in [4.69, 9.17) is 90.0 Å². The summed E-state index contributed by atoms with van der Waals surface area (Å²) in [4.78, 5) is 65.0. The molecule has 10 aliphatic heterocycles. The van der Waals surface area contributed by atoms with Crippen LogP contribution in [0, 0.1) is 0 Å². The molecule has 10 fully saturated rings. The molecule has 0 aromatic carbocycles. The molecule has 125 heavy (non-hydrogen) atoms. The van der Waals surface area contributed by atoms with E-state index in [1.807, 2.05) is 0 Å². The Morgan fingerprint density at radius 3 is 0.904 bits per heavy atom. The summed E-state index contributed by atoms with van der Waals surface area (Å²) in [6, 6.07) is -9.78. The van der Waals surface area contributed by atoms with Crippen molar-refractivity contribution in [1.82, 2.24) is 26.6 Å². The number of hydrogen-bond donors (Lipinski definition) is 31. The van der Waals surface area contributed by atoms with Crippen LogP contribution in [0.1, 0.15) is 41.5 Å². The normalized spacial score (nSPS) is 48.7. The molecule has 10 rings (SSSR count). The number of amides is 5. The van der Waals surface area contributed by atoms with Crippen molar-refractivity contribution in [3.05, 3.63) is 0 Å². The average Bonchev–Trinajstić information content (AvgIpc) is 0.755. The van der Waals surface area contributed by atoms with Gasteiger partial charge in [-0.15, -0.1) is 0 Å². The zero-order chi connectivity index (χ0) is 92.1. The summed E-state index contributed by atoms with van der Waals surface area (Å²) in [6.45, 7) is -4.42. The molecule has 31 N–H and O–H groups in total. The molecule has 10 saturated heterocycles. The van der Waals surface area contributed by atoms with Crippen LogP contribution >= 0.6 is 0 Å². The monoisotopic (exact) mass is 1830 g/mol. The van der Waals surface area contributed by atoms with Crippen LogP contribution in [-0.2, 0) is 114 Å². The Balaban J connectivity index is 1.08. The van der Waals surface area contributed by atoms with Gasteiger partial charge in [-0.25, -0.2) is 0 Å². The van der Waals surface area contributed by atoms with E-state index in [0.717, 1.165) is 34.6 Å². The lowest BCUT2D eigenvalue weighted by atomic mass is 9.93. The number of aliphatic hydroxyl groups is 26. The largest absolute Gasteiger partial charge is 0.394 e. The molecular weight excluding hydrogens is 1710 g/mol. The highest BCUT2D eigenvalue weighted by Gasteiger charge is 2.62. The molecule has 55 nitrogen and oxygen atoms in total. The molecule has 55 heteroatoms. The van der Waals surface area contributed by atoms with Crippen LogP contribution in [-0.4, -0.2) is 529 Å². The van der Waals surface area contributed by atoms with Gasteiger partial charge in [0.2, 0.25) is 29.5 Å². The van der Waals surface area contributed by atoms with Crippen molar-refractivity contribution in [2.24, 2.45) is 0 Å². The molecule has 0 radical (unpaired) electrons. The van der Waals surface area contributed by atoms with Crippen molar-refractivity contribution in [1.29, 1.82) is 0 Å². The second-order valence-electron chi connectivity index (χ2n) is 31.7. The fraction of sp³-hybridized carbons (Fsp3) is 0.929. The SMILES string of the molecule is CC(=O)N[C@@H]1[C@H](O[C@H]2[C@H](O[C@H]3O[C@H](CO)[C@@H](O)[C@H](O)[C@@H]3O[C@@H]3O[C@H](CO)[C@@H](O[C@@H]4O[C@H](CO)[C@H](O)[C@H](O)[C@H]4O)[C@H](O)[C@H]3NC(C)=O)[C@H](O)[C@@H](O[C@H]3[C@H](O)[C@@H](NC(C)=O)[C@H](O[C@H]4[C@H](O)[C@@H](NC(C)=O)C(O)O[C@@H]4CO[C@@H]4O[C@@H](C)[C@@H](O)[C@@H](O)[C@@H]4O)O[C@@H]3CO)O[C@@H]2CO[C@H]2O[C@H](CO)[C@@H](O)[C@H](O)[C@@H]2O[C@@H]2O[C@H](CO)[C@@H](O)[C@H](O)[C@H]2NC(C)=O)O[C@H](CO)[C@@H](O)[C@@H]1O. The van der Waals surface area contributed by atoms with Crippen LogP contribution < -0.4 is 26.6 Å². The van der Waals surface area contributed by atoms with E-state index in [0.29, 0.717) is 0 Å². The quantitative estimate of drug-likeness (QED) is 0.0297. The third-order valence-corrected chi connectivity index (χ3v) is 22.8. The van der Waals surface area contributed by atoms with Gasteiger partial charge in [-0.1, -0.05) is 0 Å². The molecular formula is C70H117N5O50. The standard InChI is InChI=1S/C70H117N5O50/c1-16-36(88)47(99)51(103)66(109-16)107-14-29-56(44(96)31(61(106)110-29)71-17(2)83)119-64-34(74-20(5)86)45(97)55(28(13-82)116-64)121-68-53(105)58(123-70-60(50(102)41(93)26(11-80)115-70)125-65-35(75-21(6)87)46(98)54(27(12-81)117-65)120-67-52(104)48(100)39(91)24(9-78)113-67)57(122-62-32(72-18(3)84)42(94)37(89)22(7-76)111-62)30(118-68)15-108-69-59(49(101)40(92)25(10-79)114-69)124-63-33(73-19(4)85)43(95)38(90)23(8-77)112-63/h16,22-70,76-82,88-106H,7-15H2,1-6H3,(H,71,83)(H,72,84)(H,73,85)(H,74,86)(H,75,87)/t16-,22+,23+,24+,25+,26+,27+,28+,29+,30+,31+,32-,33+,34+,35+,36+,37+,38+,39-,40+,41+,42+,43+,44+,45+,46+,47+,48-,49-,50-,51-,52+,53-,54+,55+,56+,57+,58+,59-,60-,61?,62-,63-,64-,65-,66+,67-,68+,69-,70+/m0/s1. The zero-order valence-corrected chi connectivity index (χ0v) is 67.7. The maximum absolute atomic E-state index is 13.4. The number of aliphatic hydroxyl groups excluding tert-OH is 26. The number of ether oxygens (including phenoxy) is 19. The first kappa shape index (κ1) is 103. The van der Waals surface area contributed by atoms with E-state index in [9.17, 15) is 157 Å². The minimum absolute atomic E-state index is 0.864. The lowest BCUT2D eigenvalue weighted by Gasteiger charge is -2.52. The number of carbonyl (C=O) groups excluding carboxylic acids is 5.